The predicted molar refractivity (Wildman–Crippen MR) is 92.0 cm³/mol. The minimum atomic E-state index is -0.942. The van der Waals surface area contributed by atoms with Gasteiger partial charge in [-0.05, 0) is 44.0 Å². The first-order chi connectivity index (χ1) is 11.5. The van der Waals surface area contributed by atoms with Crippen molar-refractivity contribution in [1.82, 2.24) is 4.90 Å². The van der Waals surface area contributed by atoms with E-state index in [1.165, 1.54) is 16.7 Å². The van der Waals surface area contributed by atoms with Gasteiger partial charge in [-0.1, -0.05) is 5.92 Å². The number of thioether (sulfide) groups is 1. The lowest BCUT2D eigenvalue weighted by Crippen LogP contribution is -2.50. The molecule has 1 aromatic carbocycles. The summed E-state index contributed by atoms with van der Waals surface area (Å²) < 4.78 is 4.50. The van der Waals surface area contributed by atoms with Gasteiger partial charge in [-0.25, -0.2) is 4.79 Å². The summed E-state index contributed by atoms with van der Waals surface area (Å²) in [5, 5.41) is 9.68. The van der Waals surface area contributed by atoms with Gasteiger partial charge < -0.3 is 20.5 Å². The second-order valence-corrected chi connectivity index (χ2v) is 6.87. The number of nitrogens with two attached hydrogens (primary N) is 1. The third-order valence-corrected chi connectivity index (χ3v) is 5.38. The molecule has 0 bridgehead atoms. The molecule has 0 aromatic heterocycles. The summed E-state index contributed by atoms with van der Waals surface area (Å²) in [6.45, 7) is 2.78. The van der Waals surface area contributed by atoms with Gasteiger partial charge in [0.25, 0.3) is 0 Å². The van der Waals surface area contributed by atoms with Crippen LogP contribution in [0.5, 0.6) is 5.75 Å². The fraction of sp³-hybridized carbons (Fsp3) is 0.412. The zero-order valence-corrected chi connectivity index (χ0v) is 14.3. The second kappa shape index (κ2) is 7.97. The van der Waals surface area contributed by atoms with Crippen LogP contribution in [0, 0.1) is 11.8 Å². The number of carbonyl (C=O) groups excluding carboxylic acids is 1. The van der Waals surface area contributed by atoms with Gasteiger partial charge in [-0.3, -0.25) is 4.79 Å². The number of piperidine rings is 1. The average molecular weight is 348 g/mol. The van der Waals surface area contributed by atoms with E-state index in [1.807, 2.05) is 12.1 Å². The van der Waals surface area contributed by atoms with Crippen molar-refractivity contribution in [3.63, 3.8) is 0 Å². The van der Waals surface area contributed by atoms with Crippen molar-refractivity contribution in [3.05, 3.63) is 24.3 Å². The monoisotopic (exact) mass is 348 g/mol. The molecule has 0 atom stereocenters. The Morgan fingerprint density at radius 2 is 1.96 bits per heavy atom. The zero-order chi connectivity index (χ0) is 17.6. The molecule has 0 aliphatic carbocycles. The number of aliphatic carboxylic acids is 1. The van der Waals surface area contributed by atoms with Gasteiger partial charge in [0.2, 0.25) is 0 Å². The molecule has 128 valence electrons. The van der Waals surface area contributed by atoms with Crippen molar-refractivity contribution < 1.29 is 19.4 Å². The van der Waals surface area contributed by atoms with E-state index in [1.54, 1.807) is 19.1 Å². The summed E-state index contributed by atoms with van der Waals surface area (Å²) in [6.07, 6.45) is 0.723. The van der Waals surface area contributed by atoms with Crippen LogP contribution < -0.4 is 10.5 Å². The molecule has 6 nitrogen and oxygen atoms in total. The van der Waals surface area contributed by atoms with Crippen LogP contribution in [0.3, 0.4) is 0 Å². The van der Waals surface area contributed by atoms with Crippen molar-refractivity contribution in [2.24, 2.45) is 5.73 Å². The van der Waals surface area contributed by atoms with E-state index < -0.39 is 16.7 Å². The van der Waals surface area contributed by atoms with Crippen LogP contribution >= 0.6 is 11.8 Å². The molecule has 1 aliphatic heterocycles. The number of hydrogen-bond donors (Lipinski definition) is 2. The quantitative estimate of drug-likeness (QED) is 0.796. The largest absolute Gasteiger partial charge is 0.481 e. The van der Waals surface area contributed by atoms with Crippen LogP contribution in [0.2, 0.25) is 0 Å². The fourth-order valence-corrected chi connectivity index (χ4v) is 3.67. The number of ether oxygens (including phenoxy) is 1. The molecule has 0 radical (unpaired) electrons. The SMILES string of the molecule is CC#CCOc1ccc(SC2(C(=O)O)CCN(C(N)=O)CC2)cc1. The van der Waals surface area contributed by atoms with Crippen LogP contribution in [0.15, 0.2) is 29.2 Å². The molecule has 2 rings (SSSR count). The van der Waals surface area contributed by atoms with Crippen LogP contribution in [0.1, 0.15) is 19.8 Å². The molecule has 0 saturated carbocycles. The highest BCUT2D eigenvalue weighted by molar-refractivity contribution is 8.01. The standard InChI is InChI=1S/C17H20N2O4S/c1-2-3-12-23-13-4-6-14(7-5-13)24-17(15(20)21)8-10-19(11-9-17)16(18)22/h4-7H,8-12H2,1H3,(H2,18,22)(H,20,21). The summed E-state index contributed by atoms with van der Waals surface area (Å²) in [6, 6.07) is 6.77. The summed E-state index contributed by atoms with van der Waals surface area (Å²) in [4.78, 5) is 25.3. The first-order valence-corrected chi connectivity index (χ1v) is 8.38. The molecule has 2 amide bonds. The molecule has 24 heavy (non-hydrogen) atoms. The van der Waals surface area contributed by atoms with Crippen LogP contribution in [0.25, 0.3) is 0 Å². The Bertz CT molecular complexity index is 655. The average Bonchev–Trinajstić information content (AvgIpc) is 2.57. The van der Waals surface area contributed by atoms with Crippen LogP contribution in [-0.4, -0.2) is 46.5 Å². The van der Waals surface area contributed by atoms with Gasteiger partial charge in [0.15, 0.2) is 0 Å². The number of primary amides is 1. The third kappa shape index (κ3) is 4.36. The van der Waals surface area contributed by atoms with E-state index in [2.05, 4.69) is 11.8 Å². The number of likely N-dealkylation sites (tertiary alicyclic amines) is 1. The Balaban J connectivity index is 2.04. The van der Waals surface area contributed by atoms with Crippen molar-refractivity contribution in [2.75, 3.05) is 19.7 Å². The minimum absolute atomic E-state index is 0.324. The molecular weight excluding hydrogens is 328 g/mol. The molecule has 1 aromatic rings. The lowest BCUT2D eigenvalue weighted by atomic mass is 9.96. The molecule has 0 unspecified atom stereocenters. The van der Waals surface area contributed by atoms with E-state index in [0.717, 1.165) is 4.90 Å². The Morgan fingerprint density at radius 1 is 1.33 bits per heavy atom. The first kappa shape index (κ1) is 18.0. The molecule has 0 spiro atoms. The second-order valence-electron chi connectivity index (χ2n) is 5.41. The lowest BCUT2D eigenvalue weighted by Gasteiger charge is -2.37. The lowest BCUT2D eigenvalue weighted by molar-refractivity contribution is -0.141. The first-order valence-electron chi connectivity index (χ1n) is 7.56. The molecule has 7 heteroatoms. The number of nitrogens with zero attached hydrogens (tertiary/aromatic N) is 1. The number of carboxylic acid groups (broad SMARTS) is 1. The van der Waals surface area contributed by atoms with Gasteiger partial charge in [0.1, 0.15) is 17.1 Å². The van der Waals surface area contributed by atoms with Crippen molar-refractivity contribution in [3.8, 4) is 17.6 Å². The van der Waals surface area contributed by atoms with Crippen molar-refractivity contribution in [2.45, 2.75) is 29.4 Å². The van der Waals surface area contributed by atoms with Crippen LogP contribution in [0.4, 0.5) is 4.79 Å². The van der Waals surface area contributed by atoms with Gasteiger partial charge in [0, 0.05) is 18.0 Å². The highest BCUT2D eigenvalue weighted by Gasteiger charge is 2.43. The number of rotatable bonds is 5. The number of benzene rings is 1. The summed E-state index contributed by atoms with van der Waals surface area (Å²) in [5.41, 5.74) is 5.26. The fourth-order valence-electron chi connectivity index (χ4n) is 2.47. The number of amides is 2. The van der Waals surface area contributed by atoms with E-state index in [9.17, 15) is 14.7 Å². The Morgan fingerprint density at radius 3 is 2.46 bits per heavy atom. The van der Waals surface area contributed by atoms with Crippen LogP contribution in [-0.2, 0) is 4.79 Å². The number of carbonyl (C=O) groups is 2. The normalized spacial score (nSPS) is 16.0. The van der Waals surface area contributed by atoms with Crippen molar-refractivity contribution in [1.29, 1.82) is 0 Å². The Hall–Kier alpha value is -2.33. The Labute approximate surface area is 145 Å². The molecule has 1 fully saturated rings. The maximum atomic E-state index is 11.8. The maximum absolute atomic E-state index is 11.8. The molecular formula is C17H20N2O4S. The third-order valence-electron chi connectivity index (χ3n) is 3.90. The van der Waals surface area contributed by atoms with Gasteiger partial charge in [-0.15, -0.1) is 17.7 Å². The topological polar surface area (TPSA) is 92.9 Å². The van der Waals surface area contributed by atoms with Gasteiger partial charge in [-0.2, -0.15) is 0 Å². The predicted octanol–water partition coefficient (Wildman–Crippen LogP) is 2.18. The molecule has 1 heterocycles. The van der Waals surface area contributed by atoms with Gasteiger partial charge in [0.05, 0.1) is 0 Å². The van der Waals surface area contributed by atoms with E-state index in [0.29, 0.717) is 38.3 Å². The van der Waals surface area contributed by atoms with Gasteiger partial charge >= 0.3 is 12.0 Å². The number of urea groups is 1. The zero-order valence-electron chi connectivity index (χ0n) is 13.4. The number of carboxylic acids is 1. The molecule has 1 saturated heterocycles. The summed E-state index contributed by atoms with van der Waals surface area (Å²) >= 11 is 1.31. The number of hydrogen-bond acceptors (Lipinski definition) is 4. The summed E-state index contributed by atoms with van der Waals surface area (Å²) in [7, 11) is 0. The smallest absolute Gasteiger partial charge is 0.320 e. The molecule has 3 N–H and O–H groups in total. The summed E-state index contributed by atoms with van der Waals surface area (Å²) in [5.74, 6) is 5.39. The van der Waals surface area contributed by atoms with Crippen molar-refractivity contribution >= 4 is 23.8 Å². The van der Waals surface area contributed by atoms with E-state index in [4.69, 9.17) is 10.5 Å². The highest BCUT2D eigenvalue weighted by atomic mass is 32.2. The van der Waals surface area contributed by atoms with E-state index >= 15 is 0 Å². The minimum Gasteiger partial charge on any atom is -0.481 e. The Kier molecular flexibility index (Phi) is 5.99. The molecule has 1 aliphatic rings. The highest BCUT2D eigenvalue weighted by Crippen LogP contribution is 2.41. The maximum Gasteiger partial charge on any atom is 0.320 e. The van der Waals surface area contributed by atoms with E-state index in [-0.39, 0.29) is 0 Å².